The predicted molar refractivity (Wildman–Crippen MR) is 85.5 cm³/mol. The van der Waals surface area contributed by atoms with Crippen LogP contribution in [0.25, 0.3) is 0 Å². The van der Waals surface area contributed by atoms with Gasteiger partial charge in [0, 0.05) is 19.1 Å². The van der Waals surface area contributed by atoms with E-state index in [0.29, 0.717) is 17.4 Å². The summed E-state index contributed by atoms with van der Waals surface area (Å²) in [5.74, 6) is 0.653. The number of likely N-dealkylation sites (N-methyl/N-ethyl adjacent to an activating group) is 1. The molecule has 0 atom stereocenters. The van der Waals surface area contributed by atoms with Crippen LogP contribution in [0.4, 0.5) is 0 Å². The summed E-state index contributed by atoms with van der Waals surface area (Å²) < 4.78 is 27.3. The predicted octanol–water partition coefficient (Wildman–Crippen LogP) is 2.52. The fourth-order valence-corrected chi connectivity index (χ4v) is 4.80. The second-order valence-corrected chi connectivity index (χ2v) is 8.37. The van der Waals surface area contributed by atoms with Gasteiger partial charge in [-0.05, 0) is 56.2 Å². The molecule has 21 heavy (non-hydrogen) atoms. The van der Waals surface area contributed by atoms with E-state index < -0.39 is 15.6 Å². The largest absolute Gasteiger partial charge is 0.329 e. The third-order valence-corrected chi connectivity index (χ3v) is 6.86. The molecule has 0 heterocycles. The lowest BCUT2D eigenvalue weighted by atomic mass is 9.77. The molecular weight excluding hydrogens is 284 g/mol. The van der Waals surface area contributed by atoms with Gasteiger partial charge in [0.05, 0.1) is 4.90 Å². The normalized spacial score (nSPS) is 27.0. The van der Waals surface area contributed by atoms with E-state index in [-0.39, 0.29) is 0 Å². The summed E-state index contributed by atoms with van der Waals surface area (Å²) in [5.41, 5.74) is 6.50. The molecule has 0 saturated heterocycles. The molecule has 5 heteroatoms. The van der Waals surface area contributed by atoms with Crippen molar-refractivity contribution in [3.8, 4) is 0 Å². The maximum Gasteiger partial charge on any atom is 0.243 e. The lowest BCUT2D eigenvalue weighted by Gasteiger charge is -2.44. The lowest BCUT2D eigenvalue weighted by Crippen LogP contribution is -2.56. The van der Waals surface area contributed by atoms with Crippen molar-refractivity contribution in [3.63, 3.8) is 0 Å². The van der Waals surface area contributed by atoms with E-state index in [9.17, 15) is 8.42 Å². The van der Waals surface area contributed by atoms with E-state index in [4.69, 9.17) is 5.73 Å². The van der Waals surface area contributed by atoms with Crippen LogP contribution in [0.1, 0.15) is 38.2 Å². The summed E-state index contributed by atoms with van der Waals surface area (Å²) in [6.07, 6.45) is 3.74. The third-order valence-electron chi connectivity index (χ3n) is 4.90. The Hall–Kier alpha value is -0.910. The number of sulfonamides is 1. The standard InChI is InChI=1S/C16H26N2O2S/c1-13-7-9-16(12-17,10-8-13)18(3)21(19,20)15-6-4-5-14(2)11-15/h4-6,11,13H,7-10,12,17H2,1-3H3. The van der Waals surface area contributed by atoms with Crippen molar-refractivity contribution in [3.05, 3.63) is 29.8 Å². The van der Waals surface area contributed by atoms with E-state index in [1.165, 1.54) is 4.31 Å². The highest BCUT2D eigenvalue weighted by Gasteiger charge is 2.42. The highest BCUT2D eigenvalue weighted by molar-refractivity contribution is 7.89. The van der Waals surface area contributed by atoms with E-state index in [1.807, 2.05) is 13.0 Å². The minimum atomic E-state index is -3.50. The Bertz CT molecular complexity index is 590. The van der Waals surface area contributed by atoms with Crippen LogP contribution in [-0.2, 0) is 10.0 Å². The Kier molecular flexibility index (Phi) is 4.76. The van der Waals surface area contributed by atoms with Crippen molar-refractivity contribution < 1.29 is 8.42 Å². The Morgan fingerprint density at radius 1 is 1.33 bits per heavy atom. The van der Waals surface area contributed by atoms with Crippen LogP contribution < -0.4 is 5.73 Å². The second-order valence-electron chi connectivity index (χ2n) is 6.40. The van der Waals surface area contributed by atoms with Crippen LogP contribution in [-0.4, -0.2) is 31.9 Å². The average molecular weight is 310 g/mol. The van der Waals surface area contributed by atoms with Crippen molar-refractivity contribution >= 4 is 10.0 Å². The third kappa shape index (κ3) is 3.15. The van der Waals surface area contributed by atoms with Crippen LogP contribution >= 0.6 is 0 Å². The van der Waals surface area contributed by atoms with Gasteiger partial charge in [-0.15, -0.1) is 0 Å². The number of benzene rings is 1. The molecule has 0 amide bonds. The van der Waals surface area contributed by atoms with Gasteiger partial charge in [0.2, 0.25) is 10.0 Å². The molecule has 1 aromatic carbocycles. The molecule has 0 unspecified atom stereocenters. The van der Waals surface area contributed by atoms with E-state index in [2.05, 4.69) is 6.92 Å². The van der Waals surface area contributed by atoms with Crippen LogP contribution in [0, 0.1) is 12.8 Å². The Morgan fingerprint density at radius 3 is 2.48 bits per heavy atom. The van der Waals surface area contributed by atoms with Crippen molar-refractivity contribution in [2.75, 3.05) is 13.6 Å². The Morgan fingerprint density at radius 2 is 1.95 bits per heavy atom. The first-order valence-electron chi connectivity index (χ1n) is 7.57. The monoisotopic (exact) mass is 310 g/mol. The summed E-state index contributed by atoms with van der Waals surface area (Å²) in [6.45, 7) is 4.50. The quantitative estimate of drug-likeness (QED) is 0.929. The molecule has 118 valence electrons. The summed E-state index contributed by atoms with van der Waals surface area (Å²) in [4.78, 5) is 0.358. The zero-order valence-corrected chi connectivity index (χ0v) is 14.0. The van der Waals surface area contributed by atoms with Crippen LogP contribution in [0.2, 0.25) is 0 Å². The number of hydrogen-bond donors (Lipinski definition) is 1. The first-order valence-corrected chi connectivity index (χ1v) is 9.02. The highest BCUT2D eigenvalue weighted by Crippen LogP contribution is 2.37. The molecule has 1 aliphatic carbocycles. The number of rotatable bonds is 4. The Balaban J connectivity index is 2.34. The molecule has 2 N–H and O–H groups in total. The van der Waals surface area contributed by atoms with Gasteiger partial charge in [0.15, 0.2) is 0 Å². The van der Waals surface area contributed by atoms with Crippen LogP contribution in [0.5, 0.6) is 0 Å². The summed E-state index contributed by atoms with van der Waals surface area (Å²) in [5, 5.41) is 0. The molecule has 0 aliphatic heterocycles. The summed E-state index contributed by atoms with van der Waals surface area (Å²) in [7, 11) is -1.81. The number of hydrogen-bond acceptors (Lipinski definition) is 3. The zero-order valence-electron chi connectivity index (χ0n) is 13.2. The minimum Gasteiger partial charge on any atom is -0.329 e. The van der Waals surface area contributed by atoms with Crippen molar-refractivity contribution in [1.82, 2.24) is 4.31 Å². The van der Waals surface area contributed by atoms with Gasteiger partial charge in [0.1, 0.15) is 0 Å². The number of nitrogens with zero attached hydrogens (tertiary/aromatic N) is 1. The first kappa shape index (κ1) is 16.5. The number of nitrogens with two attached hydrogens (primary N) is 1. The molecule has 1 aromatic rings. The molecule has 1 saturated carbocycles. The van der Waals surface area contributed by atoms with Crippen molar-refractivity contribution in [2.24, 2.45) is 11.7 Å². The fourth-order valence-electron chi connectivity index (χ4n) is 3.14. The average Bonchev–Trinajstić information content (AvgIpc) is 2.48. The maximum atomic E-state index is 12.9. The van der Waals surface area contributed by atoms with E-state index in [1.54, 1.807) is 25.2 Å². The van der Waals surface area contributed by atoms with Gasteiger partial charge < -0.3 is 5.73 Å². The first-order chi connectivity index (χ1) is 9.82. The second kappa shape index (κ2) is 6.07. The van der Waals surface area contributed by atoms with Gasteiger partial charge in [0.25, 0.3) is 0 Å². The molecule has 4 nitrogen and oxygen atoms in total. The molecule has 1 aliphatic rings. The van der Waals surface area contributed by atoms with Crippen molar-refractivity contribution in [2.45, 2.75) is 50.0 Å². The van der Waals surface area contributed by atoms with Gasteiger partial charge >= 0.3 is 0 Å². The molecule has 1 fully saturated rings. The molecule has 0 bridgehead atoms. The van der Waals surface area contributed by atoms with E-state index in [0.717, 1.165) is 31.2 Å². The molecule has 0 aromatic heterocycles. The van der Waals surface area contributed by atoms with Gasteiger partial charge in [-0.1, -0.05) is 19.1 Å². The Labute approximate surface area is 128 Å². The van der Waals surface area contributed by atoms with Crippen LogP contribution in [0.3, 0.4) is 0 Å². The maximum absolute atomic E-state index is 12.9. The number of aryl methyl sites for hydroxylation is 1. The SMILES string of the molecule is Cc1cccc(S(=O)(=O)N(C)C2(CN)CCC(C)CC2)c1. The van der Waals surface area contributed by atoms with Crippen molar-refractivity contribution in [1.29, 1.82) is 0 Å². The summed E-state index contributed by atoms with van der Waals surface area (Å²) in [6, 6.07) is 7.07. The lowest BCUT2D eigenvalue weighted by molar-refractivity contribution is 0.135. The molecular formula is C16H26N2O2S. The van der Waals surface area contributed by atoms with Gasteiger partial charge in [-0.2, -0.15) is 4.31 Å². The topological polar surface area (TPSA) is 63.4 Å². The summed E-state index contributed by atoms with van der Waals surface area (Å²) >= 11 is 0. The van der Waals surface area contributed by atoms with E-state index >= 15 is 0 Å². The van der Waals surface area contributed by atoms with Gasteiger partial charge in [-0.25, -0.2) is 8.42 Å². The fraction of sp³-hybridized carbons (Fsp3) is 0.625. The zero-order chi connectivity index (χ0) is 15.7. The smallest absolute Gasteiger partial charge is 0.243 e. The molecule has 2 rings (SSSR count). The van der Waals surface area contributed by atoms with Gasteiger partial charge in [-0.3, -0.25) is 0 Å². The van der Waals surface area contributed by atoms with Crippen LogP contribution in [0.15, 0.2) is 29.2 Å². The molecule has 0 spiro atoms. The highest BCUT2D eigenvalue weighted by atomic mass is 32.2. The molecule has 0 radical (unpaired) electrons. The minimum absolute atomic E-state index is 0.358.